The molecule has 18 heavy (non-hydrogen) atoms. The van der Waals surface area contributed by atoms with Crippen LogP contribution in [-0.4, -0.2) is 21.1 Å². The fourth-order valence-corrected chi connectivity index (χ4v) is 2.98. The number of rotatable bonds is 3. The largest absolute Gasteiger partial charge is 0.256 e. The quantitative estimate of drug-likeness (QED) is 0.686. The maximum Gasteiger partial charge on any atom is 0.150 e. The second-order valence-corrected chi connectivity index (χ2v) is 5.26. The van der Waals surface area contributed by atoms with Crippen molar-refractivity contribution < 1.29 is 0 Å². The van der Waals surface area contributed by atoms with Gasteiger partial charge in [0.1, 0.15) is 10.0 Å². The molecular formula is C13H10ClN3S. The van der Waals surface area contributed by atoms with Gasteiger partial charge in [-0.25, -0.2) is 0 Å². The van der Waals surface area contributed by atoms with Crippen molar-refractivity contribution in [1.82, 2.24) is 15.2 Å². The summed E-state index contributed by atoms with van der Waals surface area (Å²) in [7, 11) is 0. The Morgan fingerprint density at radius 3 is 2.89 bits per heavy atom. The van der Waals surface area contributed by atoms with Crippen LogP contribution in [0.25, 0.3) is 21.5 Å². The molecule has 0 saturated carbocycles. The van der Waals surface area contributed by atoms with Crippen LogP contribution in [0.15, 0.2) is 36.5 Å². The first-order valence-corrected chi connectivity index (χ1v) is 6.96. The van der Waals surface area contributed by atoms with E-state index < -0.39 is 0 Å². The second kappa shape index (κ2) is 5.00. The lowest BCUT2D eigenvalue weighted by molar-refractivity contribution is 0.990. The van der Waals surface area contributed by atoms with Gasteiger partial charge in [0.25, 0.3) is 0 Å². The molecule has 0 unspecified atom stereocenters. The molecule has 0 saturated heterocycles. The molecule has 1 aromatic carbocycles. The first-order chi connectivity index (χ1) is 8.88. The number of aryl methyl sites for hydroxylation is 1. The minimum atomic E-state index is 0.572. The average Bonchev–Trinajstić information content (AvgIpc) is 2.87. The Labute approximate surface area is 113 Å². The van der Waals surface area contributed by atoms with E-state index in [1.807, 2.05) is 30.3 Å². The average molecular weight is 276 g/mol. The molecule has 3 nitrogen and oxygen atoms in total. The first kappa shape index (κ1) is 11.6. The Bertz CT molecular complexity index is 675. The van der Waals surface area contributed by atoms with E-state index in [0.29, 0.717) is 5.88 Å². The van der Waals surface area contributed by atoms with Crippen molar-refractivity contribution in [2.75, 3.05) is 5.88 Å². The van der Waals surface area contributed by atoms with Crippen molar-refractivity contribution >= 4 is 33.8 Å². The van der Waals surface area contributed by atoms with E-state index in [9.17, 15) is 0 Å². The van der Waals surface area contributed by atoms with Crippen LogP contribution >= 0.6 is 22.9 Å². The van der Waals surface area contributed by atoms with Gasteiger partial charge in [-0.15, -0.1) is 21.8 Å². The smallest absolute Gasteiger partial charge is 0.150 e. The number of para-hydroxylation sites is 1. The number of benzene rings is 1. The monoisotopic (exact) mass is 275 g/mol. The van der Waals surface area contributed by atoms with Gasteiger partial charge < -0.3 is 0 Å². The van der Waals surface area contributed by atoms with Crippen molar-refractivity contribution in [2.45, 2.75) is 6.42 Å². The molecule has 0 fully saturated rings. The number of aromatic nitrogens is 3. The molecule has 3 aromatic rings. The highest BCUT2D eigenvalue weighted by molar-refractivity contribution is 7.14. The highest BCUT2D eigenvalue weighted by Gasteiger charge is 2.10. The molecule has 0 atom stereocenters. The number of fused-ring (bicyclic) bond motifs is 1. The maximum absolute atomic E-state index is 5.71. The van der Waals surface area contributed by atoms with E-state index in [4.69, 9.17) is 11.6 Å². The lowest BCUT2D eigenvalue weighted by atomic mass is 10.1. The summed E-state index contributed by atoms with van der Waals surface area (Å²) in [5, 5.41) is 11.4. The Morgan fingerprint density at radius 1 is 1.11 bits per heavy atom. The predicted molar refractivity (Wildman–Crippen MR) is 75.1 cm³/mol. The van der Waals surface area contributed by atoms with Crippen molar-refractivity contribution in [3.63, 3.8) is 0 Å². The normalized spacial score (nSPS) is 10.9. The standard InChI is InChI=1S/C13H10ClN3S/c14-7-6-11-16-17-13(18-11)10-5-1-3-9-4-2-8-15-12(9)10/h1-5,8H,6-7H2. The fraction of sp³-hybridized carbons (Fsp3) is 0.154. The van der Waals surface area contributed by atoms with Crippen LogP contribution in [0.2, 0.25) is 0 Å². The molecule has 0 spiro atoms. The van der Waals surface area contributed by atoms with E-state index in [2.05, 4.69) is 15.2 Å². The second-order valence-electron chi connectivity index (χ2n) is 3.82. The van der Waals surface area contributed by atoms with Gasteiger partial charge >= 0.3 is 0 Å². The molecule has 0 aliphatic heterocycles. The van der Waals surface area contributed by atoms with Crippen LogP contribution in [0.4, 0.5) is 0 Å². The third kappa shape index (κ3) is 2.09. The van der Waals surface area contributed by atoms with Gasteiger partial charge in [-0.2, -0.15) is 0 Å². The SMILES string of the molecule is ClCCc1nnc(-c2cccc3cccnc23)s1. The van der Waals surface area contributed by atoms with Crippen molar-refractivity contribution in [3.05, 3.63) is 41.5 Å². The van der Waals surface area contributed by atoms with E-state index in [-0.39, 0.29) is 0 Å². The van der Waals surface area contributed by atoms with Crippen LogP contribution in [-0.2, 0) is 6.42 Å². The summed E-state index contributed by atoms with van der Waals surface area (Å²) in [6.45, 7) is 0. The lowest BCUT2D eigenvalue weighted by Crippen LogP contribution is -1.84. The van der Waals surface area contributed by atoms with Crippen LogP contribution < -0.4 is 0 Å². The van der Waals surface area contributed by atoms with E-state index in [1.165, 1.54) is 0 Å². The summed E-state index contributed by atoms with van der Waals surface area (Å²) in [6.07, 6.45) is 2.56. The minimum Gasteiger partial charge on any atom is -0.256 e. The number of nitrogens with zero attached hydrogens (tertiary/aromatic N) is 3. The van der Waals surface area contributed by atoms with Crippen molar-refractivity contribution in [1.29, 1.82) is 0 Å². The number of pyridine rings is 1. The first-order valence-electron chi connectivity index (χ1n) is 5.61. The Kier molecular flexibility index (Phi) is 3.21. The third-order valence-corrected chi connectivity index (χ3v) is 3.84. The molecule has 3 rings (SSSR count). The minimum absolute atomic E-state index is 0.572. The molecule has 2 aromatic heterocycles. The zero-order chi connectivity index (χ0) is 12.4. The van der Waals surface area contributed by atoms with E-state index >= 15 is 0 Å². The summed E-state index contributed by atoms with van der Waals surface area (Å²) < 4.78 is 0. The number of hydrogen-bond donors (Lipinski definition) is 0. The molecule has 0 aliphatic carbocycles. The maximum atomic E-state index is 5.71. The number of alkyl halides is 1. The number of hydrogen-bond acceptors (Lipinski definition) is 4. The van der Waals surface area contributed by atoms with Gasteiger partial charge in [-0.1, -0.05) is 29.5 Å². The van der Waals surface area contributed by atoms with Gasteiger partial charge in [-0.3, -0.25) is 4.98 Å². The van der Waals surface area contributed by atoms with Crippen molar-refractivity contribution in [3.8, 4) is 10.6 Å². The highest BCUT2D eigenvalue weighted by atomic mass is 35.5. The Hall–Kier alpha value is -1.52. The fourth-order valence-electron chi connectivity index (χ4n) is 1.82. The summed E-state index contributed by atoms with van der Waals surface area (Å²) in [5.41, 5.74) is 2.00. The zero-order valence-corrected chi connectivity index (χ0v) is 11.1. The Morgan fingerprint density at radius 2 is 2.00 bits per heavy atom. The van der Waals surface area contributed by atoms with Crippen LogP contribution in [0, 0.1) is 0 Å². The highest BCUT2D eigenvalue weighted by Crippen LogP contribution is 2.29. The van der Waals surface area contributed by atoms with Crippen LogP contribution in [0.3, 0.4) is 0 Å². The molecule has 5 heteroatoms. The van der Waals surface area contributed by atoms with Crippen LogP contribution in [0.1, 0.15) is 5.01 Å². The van der Waals surface area contributed by atoms with Crippen LogP contribution in [0.5, 0.6) is 0 Å². The summed E-state index contributed by atoms with van der Waals surface area (Å²) in [6, 6.07) is 10.1. The predicted octanol–water partition coefficient (Wildman–Crippen LogP) is 3.53. The summed E-state index contributed by atoms with van der Waals surface area (Å²) in [5.74, 6) is 0.572. The van der Waals surface area contributed by atoms with E-state index in [0.717, 1.165) is 32.9 Å². The van der Waals surface area contributed by atoms with Gasteiger partial charge in [0.2, 0.25) is 0 Å². The summed E-state index contributed by atoms with van der Waals surface area (Å²) >= 11 is 7.29. The van der Waals surface area contributed by atoms with E-state index in [1.54, 1.807) is 17.5 Å². The summed E-state index contributed by atoms with van der Waals surface area (Å²) in [4.78, 5) is 4.43. The molecule has 90 valence electrons. The van der Waals surface area contributed by atoms with Gasteiger partial charge in [0.05, 0.1) is 5.52 Å². The lowest BCUT2D eigenvalue weighted by Gasteiger charge is -2.00. The molecule has 0 bridgehead atoms. The van der Waals surface area contributed by atoms with Gasteiger partial charge in [0.15, 0.2) is 0 Å². The molecule has 0 amide bonds. The molecule has 2 heterocycles. The Balaban J connectivity index is 2.12. The topological polar surface area (TPSA) is 38.7 Å². The number of halogens is 1. The molecule has 0 aliphatic rings. The molecule has 0 N–H and O–H groups in total. The molecule has 0 radical (unpaired) electrons. The molecular weight excluding hydrogens is 266 g/mol. The van der Waals surface area contributed by atoms with Gasteiger partial charge in [0, 0.05) is 29.4 Å². The third-order valence-electron chi connectivity index (χ3n) is 2.64. The zero-order valence-electron chi connectivity index (χ0n) is 9.51. The van der Waals surface area contributed by atoms with Crippen molar-refractivity contribution in [2.24, 2.45) is 0 Å². The van der Waals surface area contributed by atoms with Gasteiger partial charge in [-0.05, 0) is 12.1 Å².